The van der Waals surface area contributed by atoms with Crippen LogP contribution in [0.3, 0.4) is 0 Å². The molecule has 2 N–H and O–H groups in total. The van der Waals surface area contributed by atoms with Crippen LogP contribution in [0.5, 0.6) is 0 Å². The monoisotopic (exact) mass is 308 g/mol. The third kappa shape index (κ3) is 7.55. The first-order valence-electron chi connectivity index (χ1n) is 7.57. The smallest absolute Gasteiger partial charge is 0.356 e. The van der Waals surface area contributed by atoms with E-state index in [9.17, 15) is 13.2 Å². The van der Waals surface area contributed by atoms with E-state index in [2.05, 4.69) is 34.4 Å². The molecular weight excluding hydrogens is 281 g/mol. The van der Waals surface area contributed by atoms with Crippen molar-refractivity contribution in [1.82, 2.24) is 15.5 Å². The van der Waals surface area contributed by atoms with Crippen LogP contribution in [0.2, 0.25) is 0 Å². The number of rotatable bonds is 5. The van der Waals surface area contributed by atoms with Crippen molar-refractivity contribution in [3.63, 3.8) is 0 Å². The molecule has 4 nitrogen and oxygen atoms in total. The topological polar surface area (TPSA) is 39.7 Å². The maximum absolute atomic E-state index is 12.1. The maximum atomic E-state index is 12.1. The van der Waals surface area contributed by atoms with Gasteiger partial charge in [0.2, 0.25) is 0 Å². The van der Waals surface area contributed by atoms with Gasteiger partial charge in [-0.15, -0.1) is 0 Å². The molecule has 124 valence electrons. The molecule has 1 rings (SSSR count). The van der Waals surface area contributed by atoms with Crippen molar-refractivity contribution in [2.75, 3.05) is 33.2 Å². The van der Waals surface area contributed by atoms with Gasteiger partial charge >= 0.3 is 6.18 Å². The number of guanidine groups is 1. The number of hydrogen-bond acceptors (Lipinski definition) is 2. The Bertz CT molecular complexity index is 323. The van der Waals surface area contributed by atoms with Crippen LogP contribution < -0.4 is 10.6 Å². The first kappa shape index (κ1) is 18.1. The Morgan fingerprint density at radius 2 is 1.90 bits per heavy atom. The molecular formula is C14H27F3N4. The highest BCUT2D eigenvalue weighted by Crippen LogP contribution is 2.18. The molecule has 0 amide bonds. The van der Waals surface area contributed by atoms with Gasteiger partial charge in [-0.05, 0) is 38.8 Å². The third-order valence-corrected chi connectivity index (χ3v) is 3.93. The van der Waals surface area contributed by atoms with Gasteiger partial charge in [0.25, 0.3) is 0 Å². The van der Waals surface area contributed by atoms with Gasteiger partial charge in [0, 0.05) is 26.2 Å². The number of likely N-dealkylation sites (tertiary alicyclic amines) is 1. The predicted octanol–water partition coefficient (Wildman–Crippen LogP) is 2.22. The molecule has 21 heavy (non-hydrogen) atoms. The molecule has 1 saturated heterocycles. The summed E-state index contributed by atoms with van der Waals surface area (Å²) >= 11 is 0. The lowest BCUT2D eigenvalue weighted by Gasteiger charge is -2.35. The molecule has 0 radical (unpaired) electrons. The van der Waals surface area contributed by atoms with Crippen LogP contribution in [0.4, 0.5) is 13.2 Å². The molecule has 1 unspecified atom stereocenters. The van der Waals surface area contributed by atoms with Crippen molar-refractivity contribution in [3.05, 3.63) is 0 Å². The van der Waals surface area contributed by atoms with E-state index in [1.54, 1.807) is 7.05 Å². The molecule has 1 atom stereocenters. The third-order valence-electron chi connectivity index (χ3n) is 3.93. The quantitative estimate of drug-likeness (QED) is 0.604. The van der Waals surface area contributed by atoms with Crippen LogP contribution in [0.1, 0.15) is 33.1 Å². The zero-order valence-electron chi connectivity index (χ0n) is 13.1. The highest BCUT2D eigenvalue weighted by atomic mass is 19.4. The maximum Gasteiger partial charge on any atom is 0.390 e. The minimum atomic E-state index is -4.14. The lowest BCUT2D eigenvalue weighted by molar-refractivity contribution is -0.132. The highest BCUT2D eigenvalue weighted by Gasteiger charge is 2.26. The Hall–Kier alpha value is -0.980. The van der Waals surface area contributed by atoms with Gasteiger partial charge < -0.3 is 10.6 Å². The van der Waals surface area contributed by atoms with Gasteiger partial charge in [-0.25, -0.2) is 0 Å². The van der Waals surface area contributed by atoms with Crippen molar-refractivity contribution in [1.29, 1.82) is 0 Å². The minimum Gasteiger partial charge on any atom is -0.356 e. The summed E-state index contributed by atoms with van der Waals surface area (Å²) in [6.07, 6.45) is -2.57. The highest BCUT2D eigenvalue weighted by molar-refractivity contribution is 5.79. The Balaban J connectivity index is 2.25. The van der Waals surface area contributed by atoms with Crippen LogP contribution in [0, 0.1) is 5.92 Å². The average Bonchev–Trinajstić information content (AvgIpc) is 2.41. The number of nitrogens with zero attached hydrogens (tertiary/aromatic N) is 2. The van der Waals surface area contributed by atoms with E-state index in [0.717, 1.165) is 19.0 Å². The van der Waals surface area contributed by atoms with Crippen LogP contribution in [-0.4, -0.2) is 56.3 Å². The van der Waals surface area contributed by atoms with Gasteiger partial charge in [-0.1, -0.05) is 6.92 Å². The Morgan fingerprint density at radius 3 is 2.43 bits per heavy atom. The molecule has 0 spiro atoms. The summed E-state index contributed by atoms with van der Waals surface area (Å²) in [5.74, 6) is 1.22. The van der Waals surface area contributed by atoms with Crippen molar-refractivity contribution in [2.24, 2.45) is 10.9 Å². The van der Waals surface area contributed by atoms with E-state index < -0.39 is 12.6 Å². The van der Waals surface area contributed by atoms with E-state index in [1.165, 1.54) is 12.8 Å². The van der Waals surface area contributed by atoms with Gasteiger partial charge in [0.05, 0.1) is 6.42 Å². The number of alkyl halides is 3. The number of hydrogen-bond donors (Lipinski definition) is 2. The Labute approximate surface area is 125 Å². The SMILES string of the molecule is CN=C(NCCC(F)(F)F)NCC(C)N1CCC(C)CC1. The summed E-state index contributed by atoms with van der Waals surface area (Å²) < 4.78 is 36.3. The molecule has 7 heteroatoms. The lowest BCUT2D eigenvalue weighted by Crippen LogP contribution is -2.48. The summed E-state index contributed by atoms with van der Waals surface area (Å²) in [7, 11) is 1.57. The number of nitrogens with one attached hydrogen (secondary N) is 2. The average molecular weight is 308 g/mol. The fourth-order valence-electron chi connectivity index (χ4n) is 2.39. The van der Waals surface area contributed by atoms with E-state index in [1.807, 2.05) is 0 Å². The fourth-order valence-corrected chi connectivity index (χ4v) is 2.39. The van der Waals surface area contributed by atoms with E-state index in [-0.39, 0.29) is 6.54 Å². The van der Waals surface area contributed by atoms with Crippen molar-refractivity contribution >= 4 is 5.96 Å². The number of aliphatic imine (C=N–C) groups is 1. The van der Waals surface area contributed by atoms with E-state index >= 15 is 0 Å². The molecule has 1 fully saturated rings. The van der Waals surface area contributed by atoms with Gasteiger partial charge in [0.1, 0.15) is 0 Å². The molecule has 1 aliphatic heterocycles. The molecule has 0 aliphatic carbocycles. The van der Waals surface area contributed by atoms with Gasteiger partial charge in [-0.3, -0.25) is 9.89 Å². The van der Waals surface area contributed by atoms with Crippen LogP contribution in [-0.2, 0) is 0 Å². The molecule has 0 aromatic carbocycles. The second-order valence-electron chi connectivity index (χ2n) is 5.81. The standard InChI is InChI=1S/C14H27F3N4/c1-11-4-8-21(9-5-11)12(2)10-20-13(18-3)19-7-6-14(15,16)17/h11-12H,4-10H2,1-3H3,(H2,18,19,20). The second kappa shape index (κ2) is 8.46. The molecule has 0 aromatic rings. The first-order valence-corrected chi connectivity index (χ1v) is 7.57. The summed E-state index contributed by atoms with van der Waals surface area (Å²) in [5, 5.41) is 5.79. The summed E-state index contributed by atoms with van der Waals surface area (Å²) in [4.78, 5) is 6.36. The summed E-state index contributed by atoms with van der Waals surface area (Å²) in [5.41, 5.74) is 0. The zero-order chi connectivity index (χ0) is 15.9. The predicted molar refractivity (Wildman–Crippen MR) is 79.5 cm³/mol. The fraction of sp³-hybridized carbons (Fsp3) is 0.929. The molecule has 1 aliphatic rings. The Kier molecular flexibility index (Phi) is 7.28. The van der Waals surface area contributed by atoms with E-state index in [0.29, 0.717) is 18.5 Å². The first-order chi connectivity index (χ1) is 9.81. The lowest BCUT2D eigenvalue weighted by atomic mass is 9.98. The molecule has 0 bridgehead atoms. The number of halogens is 3. The van der Waals surface area contributed by atoms with Crippen LogP contribution >= 0.6 is 0 Å². The minimum absolute atomic E-state index is 0.154. The van der Waals surface area contributed by atoms with Crippen LogP contribution in [0.15, 0.2) is 4.99 Å². The van der Waals surface area contributed by atoms with Gasteiger partial charge in [-0.2, -0.15) is 13.2 Å². The van der Waals surface area contributed by atoms with Crippen molar-refractivity contribution < 1.29 is 13.2 Å². The van der Waals surface area contributed by atoms with Crippen LogP contribution in [0.25, 0.3) is 0 Å². The zero-order valence-corrected chi connectivity index (χ0v) is 13.1. The largest absolute Gasteiger partial charge is 0.390 e. The summed E-state index contributed by atoms with van der Waals surface area (Å²) in [6, 6.07) is 0.346. The molecule has 1 heterocycles. The van der Waals surface area contributed by atoms with Crippen molar-refractivity contribution in [3.8, 4) is 0 Å². The second-order valence-corrected chi connectivity index (χ2v) is 5.81. The number of piperidine rings is 1. The normalized spacial score (nSPS) is 20.4. The summed E-state index contributed by atoms with van der Waals surface area (Å²) in [6.45, 7) is 7.10. The molecule has 0 aromatic heterocycles. The van der Waals surface area contributed by atoms with Crippen molar-refractivity contribution in [2.45, 2.75) is 45.3 Å². The van der Waals surface area contributed by atoms with E-state index in [4.69, 9.17) is 0 Å². The molecule has 0 saturated carbocycles. The Morgan fingerprint density at radius 1 is 1.29 bits per heavy atom. The van der Waals surface area contributed by atoms with Gasteiger partial charge in [0.15, 0.2) is 5.96 Å².